The van der Waals surface area contributed by atoms with E-state index in [1.807, 2.05) is 64.0 Å². The van der Waals surface area contributed by atoms with Crippen molar-refractivity contribution in [2.75, 3.05) is 46.2 Å². The molecule has 0 saturated carbocycles. The largest absolute Gasteiger partial charge is 0.373 e. The number of hydrogen-bond donors (Lipinski definition) is 1. The van der Waals surface area contributed by atoms with Gasteiger partial charge in [0.1, 0.15) is 11.4 Å². The van der Waals surface area contributed by atoms with Gasteiger partial charge in [-0.1, -0.05) is 24.0 Å². The minimum absolute atomic E-state index is 0.0166. The number of carbonyl (C=O) groups excluding carboxylic acids is 1. The highest BCUT2D eigenvalue weighted by molar-refractivity contribution is 5.95. The Kier molecular flexibility index (Phi) is 9.06. The molecule has 9 nitrogen and oxygen atoms in total. The average molecular weight is 569 g/mol. The van der Waals surface area contributed by atoms with E-state index in [4.69, 9.17) is 9.72 Å². The number of likely N-dealkylation sites (tertiary alicyclic amines) is 1. The zero-order chi connectivity index (χ0) is 30.8. The van der Waals surface area contributed by atoms with Crippen LogP contribution in [-0.4, -0.2) is 66.1 Å². The molecule has 4 rings (SSSR count). The summed E-state index contributed by atoms with van der Waals surface area (Å²) in [6.07, 6.45) is 1.02. The molecule has 1 N–H and O–H groups in total. The van der Waals surface area contributed by atoms with Gasteiger partial charge in [0.2, 0.25) is 5.91 Å². The van der Waals surface area contributed by atoms with Crippen molar-refractivity contribution in [1.29, 1.82) is 5.26 Å². The van der Waals surface area contributed by atoms with Crippen molar-refractivity contribution in [3.8, 4) is 17.9 Å². The van der Waals surface area contributed by atoms with E-state index in [0.717, 1.165) is 16.5 Å². The second-order valence-electron chi connectivity index (χ2n) is 11.3. The second kappa shape index (κ2) is 12.4. The van der Waals surface area contributed by atoms with Crippen molar-refractivity contribution in [1.82, 2.24) is 19.4 Å². The SMILES string of the molecule is COC1(c2cc3c(N[C@H](C)c4cccc(C#N)c4C)nc(C)c(C#CCN(C)C)c3n(C)c2=O)CCN(C(C)=O)CC1. The van der Waals surface area contributed by atoms with Crippen LogP contribution in [0.1, 0.15) is 66.2 Å². The van der Waals surface area contributed by atoms with E-state index in [2.05, 4.69) is 23.2 Å². The summed E-state index contributed by atoms with van der Waals surface area (Å²) in [5.74, 6) is 7.13. The zero-order valence-corrected chi connectivity index (χ0v) is 25.9. The van der Waals surface area contributed by atoms with Gasteiger partial charge >= 0.3 is 0 Å². The Labute approximate surface area is 248 Å². The molecule has 220 valence electrons. The highest BCUT2D eigenvalue weighted by Gasteiger charge is 2.40. The minimum Gasteiger partial charge on any atom is -0.373 e. The van der Waals surface area contributed by atoms with Gasteiger partial charge in [-0.2, -0.15) is 5.26 Å². The molecule has 0 unspecified atom stereocenters. The number of ether oxygens (including phenoxy) is 1. The molecule has 1 amide bonds. The number of nitrogens with one attached hydrogen (secondary N) is 1. The lowest BCUT2D eigenvalue weighted by atomic mass is 9.84. The first kappa shape index (κ1) is 30.8. The van der Waals surface area contributed by atoms with E-state index in [0.29, 0.717) is 66.2 Å². The fraction of sp³-hybridized carbons (Fsp3) is 0.455. The number of aromatic nitrogens is 2. The Morgan fingerprint density at radius 3 is 2.55 bits per heavy atom. The molecule has 1 fully saturated rings. The topological polar surface area (TPSA) is 103 Å². The van der Waals surface area contributed by atoms with Crippen LogP contribution < -0.4 is 10.9 Å². The van der Waals surface area contributed by atoms with Crippen molar-refractivity contribution in [2.24, 2.45) is 7.05 Å². The number of rotatable bonds is 6. The van der Waals surface area contributed by atoms with Crippen molar-refractivity contribution >= 4 is 22.6 Å². The minimum atomic E-state index is -0.836. The molecule has 3 aromatic rings. The summed E-state index contributed by atoms with van der Waals surface area (Å²) in [5.41, 5.74) is 4.20. The second-order valence-corrected chi connectivity index (χ2v) is 11.3. The van der Waals surface area contributed by atoms with Crippen LogP contribution in [0.2, 0.25) is 0 Å². The molecule has 1 aliphatic rings. The summed E-state index contributed by atoms with van der Waals surface area (Å²) in [7, 11) is 7.32. The molecule has 0 spiro atoms. The van der Waals surface area contributed by atoms with Crippen LogP contribution in [0.15, 0.2) is 29.1 Å². The van der Waals surface area contributed by atoms with Crippen LogP contribution in [0.5, 0.6) is 0 Å². The number of nitrogens with zero attached hydrogens (tertiary/aromatic N) is 5. The van der Waals surface area contributed by atoms with E-state index in [9.17, 15) is 14.9 Å². The first-order valence-electron chi connectivity index (χ1n) is 14.2. The predicted octanol–water partition coefficient (Wildman–Crippen LogP) is 3.99. The van der Waals surface area contributed by atoms with Gasteiger partial charge in [-0.05, 0) is 71.0 Å². The molecular weight excluding hydrogens is 528 g/mol. The number of benzene rings is 1. The molecule has 1 aromatic carbocycles. The molecule has 0 radical (unpaired) electrons. The lowest BCUT2D eigenvalue weighted by Gasteiger charge is -2.40. The van der Waals surface area contributed by atoms with Gasteiger partial charge in [0.05, 0.1) is 46.6 Å². The zero-order valence-electron chi connectivity index (χ0n) is 25.9. The summed E-state index contributed by atoms with van der Waals surface area (Å²) in [4.78, 5) is 34.8. The van der Waals surface area contributed by atoms with Crippen molar-refractivity contribution in [3.05, 3.63) is 68.1 Å². The normalized spacial score (nSPS) is 15.2. The molecule has 1 aliphatic heterocycles. The molecule has 42 heavy (non-hydrogen) atoms. The molecule has 2 aromatic heterocycles. The maximum absolute atomic E-state index is 14.1. The fourth-order valence-corrected chi connectivity index (χ4v) is 5.84. The summed E-state index contributed by atoms with van der Waals surface area (Å²) < 4.78 is 7.76. The van der Waals surface area contributed by atoms with Gasteiger partial charge in [0.25, 0.3) is 5.56 Å². The fourth-order valence-electron chi connectivity index (χ4n) is 5.84. The maximum Gasteiger partial charge on any atom is 0.256 e. The molecule has 1 atom stereocenters. The van der Waals surface area contributed by atoms with E-state index >= 15 is 0 Å². The smallest absolute Gasteiger partial charge is 0.256 e. The van der Waals surface area contributed by atoms with Crippen LogP contribution >= 0.6 is 0 Å². The van der Waals surface area contributed by atoms with Gasteiger partial charge in [0, 0.05) is 39.6 Å². The number of amides is 1. The predicted molar refractivity (Wildman–Crippen MR) is 165 cm³/mol. The van der Waals surface area contributed by atoms with Gasteiger partial charge in [0.15, 0.2) is 0 Å². The van der Waals surface area contributed by atoms with Crippen LogP contribution in [0.4, 0.5) is 5.82 Å². The number of anilines is 1. The molecular formula is C33H40N6O3. The number of pyridine rings is 2. The number of piperidine rings is 1. The third-order valence-electron chi connectivity index (χ3n) is 8.37. The number of nitriles is 1. The van der Waals surface area contributed by atoms with E-state index in [1.165, 1.54) is 0 Å². The Bertz CT molecular complexity index is 1680. The summed E-state index contributed by atoms with van der Waals surface area (Å²) in [5, 5.41) is 13.9. The van der Waals surface area contributed by atoms with Crippen LogP contribution in [0.3, 0.4) is 0 Å². The molecule has 1 saturated heterocycles. The number of methoxy groups -OCH3 is 1. The van der Waals surface area contributed by atoms with Crippen LogP contribution in [0.25, 0.3) is 10.9 Å². The lowest BCUT2D eigenvalue weighted by Crippen LogP contribution is -2.48. The standard InChI is InChI=1S/C33H40N6O3/c1-21-25(20-34)11-9-12-26(21)22(2)35-31-28-19-29(33(42-8)14-17-39(18-15-33)24(4)40)32(41)38(7)30(28)27(23(3)36-31)13-10-16-37(5)6/h9,11-12,19,22H,14-18H2,1-8H3,(H,35,36)/t22-/m1/s1. The van der Waals surface area contributed by atoms with Crippen molar-refractivity contribution in [2.45, 2.75) is 52.2 Å². The Hall–Kier alpha value is -4.18. The van der Waals surface area contributed by atoms with E-state index in [-0.39, 0.29) is 17.5 Å². The first-order chi connectivity index (χ1) is 19.9. The highest BCUT2D eigenvalue weighted by Crippen LogP contribution is 2.38. The number of hydrogen-bond acceptors (Lipinski definition) is 7. The third-order valence-corrected chi connectivity index (χ3v) is 8.37. The molecule has 3 heterocycles. The lowest BCUT2D eigenvalue weighted by molar-refractivity contribution is -0.135. The van der Waals surface area contributed by atoms with Gasteiger partial charge in [-0.3, -0.25) is 14.5 Å². The summed E-state index contributed by atoms with van der Waals surface area (Å²) >= 11 is 0. The molecule has 0 aliphatic carbocycles. The van der Waals surface area contributed by atoms with Gasteiger partial charge < -0.3 is 19.5 Å². The molecule has 9 heteroatoms. The number of aryl methyl sites for hydroxylation is 2. The monoisotopic (exact) mass is 568 g/mol. The number of fused-ring (bicyclic) bond motifs is 1. The molecule has 0 bridgehead atoms. The van der Waals surface area contributed by atoms with Crippen molar-refractivity contribution in [3.63, 3.8) is 0 Å². The Balaban J connectivity index is 1.94. The first-order valence-corrected chi connectivity index (χ1v) is 14.2. The maximum atomic E-state index is 14.1. The van der Waals surface area contributed by atoms with E-state index in [1.54, 1.807) is 30.5 Å². The quantitative estimate of drug-likeness (QED) is 0.449. The van der Waals surface area contributed by atoms with Crippen LogP contribution in [-0.2, 0) is 22.2 Å². The average Bonchev–Trinajstić information content (AvgIpc) is 2.96. The third kappa shape index (κ3) is 5.76. The summed E-state index contributed by atoms with van der Waals surface area (Å²) in [6.45, 7) is 9.04. The van der Waals surface area contributed by atoms with Gasteiger partial charge in [-0.25, -0.2) is 4.98 Å². The van der Waals surface area contributed by atoms with E-state index < -0.39 is 5.60 Å². The Morgan fingerprint density at radius 2 is 1.95 bits per heavy atom. The number of carbonyl (C=O) groups is 1. The summed E-state index contributed by atoms with van der Waals surface area (Å²) in [6, 6.07) is 9.71. The van der Waals surface area contributed by atoms with Gasteiger partial charge in [-0.15, -0.1) is 0 Å². The highest BCUT2D eigenvalue weighted by atomic mass is 16.5. The van der Waals surface area contributed by atoms with Crippen LogP contribution in [0, 0.1) is 37.0 Å². The van der Waals surface area contributed by atoms with Crippen molar-refractivity contribution < 1.29 is 9.53 Å². The Morgan fingerprint density at radius 1 is 1.26 bits per heavy atom.